The zero-order valence-corrected chi connectivity index (χ0v) is 30.8. The number of rotatable bonds is 8. The standard InChI is InChI=1S/C39H40F3N9O5/c1-38(2,37(56)45-25-4-3-23(15-43)31(13-25)39(40,41)42)50-17-24(16-44-50)22-9-11-47(12-10-22)27-18-49(19-27)28-20-48(21-28)26-5-6-29-30(14-26)36(55)51(35(29)54)32-7-8-33(52)46-34(32)53/h3-6,13-14,16-17,22,27-28,32H,7-12,18-21H2,1-2H3,(H,45,56)(H,46,52,53). The maximum Gasteiger partial charge on any atom is 0.417 e. The summed E-state index contributed by atoms with van der Waals surface area (Å²) < 4.78 is 41.9. The number of hydrogen-bond acceptors (Lipinski definition) is 10. The first-order valence-electron chi connectivity index (χ1n) is 18.7. The lowest BCUT2D eigenvalue weighted by molar-refractivity contribution is -0.138. The third kappa shape index (κ3) is 6.60. The van der Waals surface area contributed by atoms with Crippen LogP contribution in [0.2, 0.25) is 0 Å². The van der Waals surface area contributed by atoms with E-state index in [1.54, 1.807) is 36.9 Å². The van der Waals surface area contributed by atoms with Crippen molar-refractivity contribution >= 4 is 40.9 Å². The molecule has 5 amide bonds. The van der Waals surface area contributed by atoms with Crippen molar-refractivity contribution in [2.75, 3.05) is 49.5 Å². The second-order valence-electron chi connectivity index (χ2n) is 15.8. The number of likely N-dealkylation sites (tertiary alicyclic amines) is 2. The molecular weight excluding hydrogens is 731 g/mol. The Bertz CT molecular complexity index is 2180. The molecule has 5 aliphatic rings. The van der Waals surface area contributed by atoms with E-state index in [1.807, 2.05) is 12.3 Å². The fourth-order valence-electron chi connectivity index (χ4n) is 8.36. The SMILES string of the molecule is CC(C)(C(=O)Nc1ccc(C#N)c(C(F)(F)F)c1)n1cc(C2CCN(C3CN(C4CN(c5ccc6c(c5)C(=O)N(C5CCC(=O)NC5=O)C6=O)C4)C3)CC2)cn1. The predicted octanol–water partition coefficient (Wildman–Crippen LogP) is 3.30. The topological polar surface area (TPSA) is 164 Å². The van der Waals surface area contributed by atoms with Gasteiger partial charge >= 0.3 is 6.18 Å². The number of carbonyl (C=O) groups excluding carboxylic acids is 5. The van der Waals surface area contributed by atoms with E-state index < -0.39 is 58.4 Å². The van der Waals surface area contributed by atoms with Crippen LogP contribution in [0.3, 0.4) is 0 Å². The molecule has 0 radical (unpaired) electrons. The molecule has 4 saturated heterocycles. The maximum atomic E-state index is 13.5. The Labute approximate surface area is 320 Å². The van der Waals surface area contributed by atoms with Gasteiger partial charge in [-0.05, 0) is 94.1 Å². The first kappa shape index (κ1) is 37.3. The molecule has 0 spiro atoms. The van der Waals surface area contributed by atoms with E-state index in [9.17, 15) is 37.1 Å². The largest absolute Gasteiger partial charge is 0.417 e. The first-order chi connectivity index (χ1) is 26.6. The molecular formula is C39H40F3N9O5. The van der Waals surface area contributed by atoms with E-state index >= 15 is 0 Å². The summed E-state index contributed by atoms with van der Waals surface area (Å²) in [6.07, 6.45) is 0.910. The fraction of sp³-hybridized carbons (Fsp3) is 0.462. The summed E-state index contributed by atoms with van der Waals surface area (Å²) in [5.41, 5.74) is -0.483. The lowest BCUT2D eigenvalue weighted by atomic mass is 9.89. The minimum atomic E-state index is -4.74. The van der Waals surface area contributed by atoms with Gasteiger partial charge in [0.2, 0.25) is 11.8 Å². The number of nitrogens with zero attached hydrogens (tertiary/aromatic N) is 7. The van der Waals surface area contributed by atoms with Crippen LogP contribution in [0.5, 0.6) is 0 Å². The highest BCUT2D eigenvalue weighted by molar-refractivity contribution is 6.23. The zero-order chi connectivity index (χ0) is 39.7. The molecule has 14 nitrogen and oxygen atoms in total. The fourth-order valence-corrected chi connectivity index (χ4v) is 8.36. The molecule has 2 N–H and O–H groups in total. The van der Waals surface area contributed by atoms with E-state index in [0.717, 1.165) is 80.4 Å². The number of anilines is 2. The summed E-state index contributed by atoms with van der Waals surface area (Å²) in [5, 5.41) is 18.3. The van der Waals surface area contributed by atoms with Crippen LogP contribution >= 0.6 is 0 Å². The van der Waals surface area contributed by atoms with Gasteiger partial charge in [-0.15, -0.1) is 0 Å². The lowest BCUT2D eigenvalue weighted by Crippen LogP contribution is -2.70. The van der Waals surface area contributed by atoms with Gasteiger partial charge in [0.15, 0.2) is 0 Å². The number of piperidine rings is 2. The highest BCUT2D eigenvalue weighted by atomic mass is 19.4. The Morgan fingerprint density at radius 2 is 1.61 bits per heavy atom. The highest BCUT2D eigenvalue weighted by Crippen LogP contribution is 2.37. The van der Waals surface area contributed by atoms with Crippen LogP contribution < -0.4 is 15.5 Å². The molecule has 56 heavy (non-hydrogen) atoms. The molecule has 17 heteroatoms. The van der Waals surface area contributed by atoms with E-state index in [0.29, 0.717) is 12.1 Å². The summed E-state index contributed by atoms with van der Waals surface area (Å²) in [6, 6.07) is 9.68. The van der Waals surface area contributed by atoms with Crippen molar-refractivity contribution in [2.45, 2.75) is 75.3 Å². The molecule has 6 heterocycles. The maximum absolute atomic E-state index is 13.5. The van der Waals surface area contributed by atoms with Gasteiger partial charge in [-0.1, -0.05) is 0 Å². The third-order valence-electron chi connectivity index (χ3n) is 12.0. The predicted molar refractivity (Wildman–Crippen MR) is 194 cm³/mol. The molecule has 0 saturated carbocycles. The number of halogens is 3. The second-order valence-corrected chi connectivity index (χ2v) is 15.8. The molecule has 5 aliphatic heterocycles. The Hall–Kier alpha value is -5.60. The number of carbonyl (C=O) groups is 5. The van der Waals surface area contributed by atoms with Crippen molar-refractivity contribution < 1.29 is 37.1 Å². The quantitative estimate of drug-likeness (QED) is 0.325. The van der Waals surface area contributed by atoms with Gasteiger partial charge in [-0.3, -0.25) is 48.7 Å². The van der Waals surface area contributed by atoms with E-state index in [4.69, 9.17) is 5.26 Å². The number of benzene rings is 2. The van der Waals surface area contributed by atoms with Crippen LogP contribution in [0.1, 0.15) is 82.9 Å². The average molecular weight is 772 g/mol. The normalized spacial score (nSPS) is 21.8. The molecule has 8 rings (SSSR count). The monoisotopic (exact) mass is 771 g/mol. The molecule has 0 aliphatic carbocycles. The van der Waals surface area contributed by atoms with E-state index in [-0.39, 0.29) is 35.6 Å². The summed E-state index contributed by atoms with van der Waals surface area (Å²) in [4.78, 5) is 71.7. The van der Waals surface area contributed by atoms with Crippen molar-refractivity contribution in [3.63, 3.8) is 0 Å². The number of imide groups is 2. The van der Waals surface area contributed by atoms with Gasteiger partial charge < -0.3 is 10.2 Å². The van der Waals surface area contributed by atoms with Crippen molar-refractivity contribution in [1.29, 1.82) is 5.26 Å². The van der Waals surface area contributed by atoms with Crippen LogP contribution in [-0.2, 0) is 26.1 Å². The summed E-state index contributed by atoms with van der Waals surface area (Å²) in [7, 11) is 0. The summed E-state index contributed by atoms with van der Waals surface area (Å²) in [5.74, 6) is -2.35. The molecule has 2 aromatic carbocycles. The second kappa shape index (κ2) is 13.9. The number of nitriles is 1. The molecule has 292 valence electrons. The average Bonchev–Trinajstić information content (AvgIpc) is 3.72. The number of hydrogen-bond donors (Lipinski definition) is 2. The Kier molecular flexibility index (Phi) is 9.23. The van der Waals surface area contributed by atoms with Crippen molar-refractivity contribution in [3.8, 4) is 6.07 Å². The molecule has 0 bridgehead atoms. The third-order valence-corrected chi connectivity index (χ3v) is 12.0. The number of amides is 5. The van der Waals surface area contributed by atoms with Gasteiger partial charge in [-0.2, -0.15) is 23.5 Å². The van der Waals surface area contributed by atoms with E-state index in [2.05, 4.69) is 30.4 Å². The number of aromatic nitrogens is 2. The van der Waals surface area contributed by atoms with Gasteiger partial charge in [0, 0.05) is 62.3 Å². The minimum Gasteiger partial charge on any atom is -0.368 e. The molecule has 3 aromatic rings. The molecule has 1 unspecified atom stereocenters. The van der Waals surface area contributed by atoms with Gasteiger partial charge in [0.05, 0.1) is 34.5 Å². The van der Waals surface area contributed by atoms with Crippen LogP contribution in [0.15, 0.2) is 48.8 Å². The van der Waals surface area contributed by atoms with E-state index in [1.165, 1.54) is 12.1 Å². The lowest BCUT2D eigenvalue weighted by Gasteiger charge is -2.55. The van der Waals surface area contributed by atoms with Crippen molar-refractivity contribution in [1.82, 2.24) is 29.8 Å². The Balaban J connectivity index is 0.798. The molecule has 1 atom stereocenters. The van der Waals surface area contributed by atoms with Crippen LogP contribution in [0.25, 0.3) is 0 Å². The van der Waals surface area contributed by atoms with Crippen molar-refractivity contribution in [2.24, 2.45) is 0 Å². The summed E-state index contributed by atoms with van der Waals surface area (Å²) in [6.45, 7) is 8.67. The number of nitrogens with one attached hydrogen (secondary N) is 2. The Morgan fingerprint density at radius 3 is 2.29 bits per heavy atom. The van der Waals surface area contributed by atoms with Gasteiger partial charge in [0.25, 0.3) is 17.7 Å². The van der Waals surface area contributed by atoms with Gasteiger partial charge in [0.1, 0.15) is 11.6 Å². The molecule has 1 aromatic heterocycles. The van der Waals surface area contributed by atoms with Crippen LogP contribution in [0, 0.1) is 11.3 Å². The Morgan fingerprint density at radius 1 is 0.911 bits per heavy atom. The minimum absolute atomic E-state index is 0.0598. The highest BCUT2D eigenvalue weighted by Gasteiger charge is 2.46. The van der Waals surface area contributed by atoms with Crippen LogP contribution in [0.4, 0.5) is 24.5 Å². The van der Waals surface area contributed by atoms with Crippen LogP contribution in [-0.4, -0.2) is 111 Å². The first-order valence-corrected chi connectivity index (χ1v) is 18.7. The van der Waals surface area contributed by atoms with Crippen molar-refractivity contribution in [3.05, 3.63) is 76.6 Å². The number of fused-ring (bicyclic) bond motifs is 1. The zero-order valence-electron chi connectivity index (χ0n) is 30.8. The molecule has 4 fully saturated rings. The van der Waals surface area contributed by atoms with Gasteiger partial charge in [-0.25, -0.2) is 0 Å². The number of alkyl halides is 3. The summed E-state index contributed by atoms with van der Waals surface area (Å²) >= 11 is 0. The smallest absolute Gasteiger partial charge is 0.368 e.